The zero-order chi connectivity index (χ0) is 19.6. The zero-order valence-electron chi connectivity index (χ0n) is 16.0. The van der Waals surface area contributed by atoms with Crippen LogP contribution in [0.4, 0.5) is 0 Å². The first-order valence-corrected chi connectivity index (χ1v) is 9.35. The molecule has 0 radical (unpaired) electrons. The molecule has 1 fully saturated rings. The van der Waals surface area contributed by atoms with Crippen molar-refractivity contribution in [1.82, 2.24) is 14.7 Å². The second-order valence-corrected chi connectivity index (χ2v) is 7.34. The van der Waals surface area contributed by atoms with Gasteiger partial charge >= 0.3 is 5.97 Å². The van der Waals surface area contributed by atoms with E-state index in [0.29, 0.717) is 42.2 Å². The minimum Gasteiger partial charge on any atom is -0.451 e. The van der Waals surface area contributed by atoms with Crippen molar-refractivity contribution in [3.63, 3.8) is 0 Å². The maximum Gasteiger partial charge on any atom is 0.359 e. The lowest BCUT2D eigenvalue weighted by atomic mass is 9.92. The number of aryl methyl sites for hydroxylation is 1. The number of hydrogen-bond acceptors (Lipinski definition) is 5. The molecule has 2 heterocycles. The molecule has 7 nitrogen and oxygen atoms in total. The lowest BCUT2D eigenvalue weighted by molar-refractivity contribution is -0.137. The summed E-state index contributed by atoms with van der Waals surface area (Å²) >= 11 is 0. The number of rotatable bonds is 4. The van der Waals surface area contributed by atoms with Crippen molar-refractivity contribution in [3.8, 4) is 0 Å². The van der Waals surface area contributed by atoms with Gasteiger partial charge in [0.1, 0.15) is 0 Å². The van der Waals surface area contributed by atoms with Crippen LogP contribution in [-0.2, 0) is 16.1 Å². The molecule has 1 aliphatic heterocycles. The van der Waals surface area contributed by atoms with Crippen molar-refractivity contribution >= 4 is 22.6 Å². The summed E-state index contributed by atoms with van der Waals surface area (Å²) in [5, 5.41) is 4.98. The van der Waals surface area contributed by atoms with Crippen molar-refractivity contribution in [2.45, 2.75) is 33.7 Å². The Labute approximate surface area is 157 Å². The number of carbonyl (C=O) groups is 2. The van der Waals surface area contributed by atoms with Crippen LogP contribution in [0.2, 0.25) is 0 Å². The van der Waals surface area contributed by atoms with Gasteiger partial charge in [0.25, 0.3) is 11.5 Å². The van der Waals surface area contributed by atoms with E-state index in [2.05, 4.69) is 18.9 Å². The molecule has 27 heavy (non-hydrogen) atoms. The second kappa shape index (κ2) is 7.90. The summed E-state index contributed by atoms with van der Waals surface area (Å²) in [6.07, 6.45) is 1.10. The smallest absolute Gasteiger partial charge is 0.359 e. The predicted octanol–water partition coefficient (Wildman–Crippen LogP) is 2.08. The minimum atomic E-state index is -0.695. The van der Waals surface area contributed by atoms with Gasteiger partial charge in [-0.25, -0.2) is 9.48 Å². The Morgan fingerprint density at radius 1 is 1.15 bits per heavy atom. The predicted molar refractivity (Wildman–Crippen MR) is 101 cm³/mol. The number of nitrogens with zero attached hydrogens (tertiary/aromatic N) is 3. The fourth-order valence-corrected chi connectivity index (χ4v) is 3.75. The largest absolute Gasteiger partial charge is 0.451 e. The van der Waals surface area contributed by atoms with Crippen LogP contribution in [0.3, 0.4) is 0 Å². The van der Waals surface area contributed by atoms with Gasteiger partial charge in [-0.3, -0.25) is 9.59 Å². The molecule has 2 aromatic rings. The molecule has 0 unspecified atom stereocenters. The molecule has 2 atom stereocenters. The number of esters is 1. The normalized spacial score (nSPS) is 19.9. The number of hydrogen-bond donors (Lipinski definition) is 0. The van der Waals surface area contributed by atoms with Crippen LogP contribution in [-0.4, -0.2) is 46.3 Å². The van der Waals surface area contributed by atoms with Gasteiger partial charge in [0.15, 0.2) is 12.3 Å². The summed E-state index contributed by atoms with van der Waals surface area (Å²) in [6, 6.07) is 6.79. The molecule has 1 aromatic carbocycles. The van der Waals surface area contributed by atoms with Crippen LogP contribution in [0.5, 0.6) is 0 Å². The van der Waals surface area contributed by atoms with E-state index in [4.69, 9.17) is 4.74 Å². The summed E-state index contributed by atoms with van der Waals surface area (Å²) < 4.78 is 6.48. The molecular weight excluding hydrogens is 346 g/mol. The van der Waals surface area contributed by atoms with Crippen LogP contribution < -0.4 is 5.56 Å². The summed E-state index contributed by atoms with van der Waals surface area (Å²) in [5.41, 5.74) is -0.197. The SMILES string of the molecule is CCn1nc(C(=O)OCC(=O)N2C[C@H](C)C[C@H](C)C2)c2ccccc2c1=O. The number of piperidine rings is 1. The van der Waals surface area contributed by atoms with E-state index in [-0.39, 0.29) is 23.8 Å². The van der Waals surface area contributed by atoms with Gasteiger partial charge in [-0.1, -0.05) is 32.0 Å². The molecule has 144 valence electrons. The Hall–Kier alpha value is -2.70. The Morgan fingerprint density at radius 2 is 1.78 bits per heavy atom. The van der Waals surface area contributed by atoms with Crippen LogP contribution in [0, 0.1) is 11.8 Å². The van der Waals surface area contributed by atoms with Crippen molar-refractivity contribution in [1.29, 1.82) is 0 Å². The summed E-state index contributed by atoms with van der Waals surface area (Å²) in [7, 11) is 0. The van der Waals surface area contributed by atoms with Gasteiger partial charge in [0.2, 0.25) is 0 Å². The first kappa shape index (κ1) is 19.1. The highest BCUT2D eigenvalue weighted by Crippen LogP contribution is 2.21. The number of amides is 1. The topological polar surface area (TPSA) is 81.5 Å². The van der Waals surface area contributed by atoms with Crippen LogP contribution >= 0.6 is 0 Å². The molecule has 0 N–H and O–H groups in total. The van der Waals surface area contributed by atoms with Gasteiger partial charge < -0.3 is 9.64 Å². The highest BCUT2D eigenvalue weighted by Gasteiger charge is 2.26. The van der Waals surface area contributed by atoms with Crippen LogP contribution in [0.1, 0.15) is 37.7 Å². The number of ether oxygens (including phenoxy) is 1. The maximum atomic E-state index is 12.6. The molecule has 1 aliphatic rings. The first-order valence-electron chi connectivity index (χ1n) is 9.35. The van der Waals surface area contributed by atoms with Gasteiger partial charge in [-0.15, -0.1) is 0 Å². The second-order valence-electron chi connectivity index (χ2n) is 7.34. The zero-order valence-corrected chi connectivity index (χ0v) is 16.0. The number of benzene rings is 1. The molecule has 0 spiro atoms. The lowest BCUT2D eigenvalue weighted by Gasteiger charge is -2.34. The number of fused-ring (bicyclic) bond motifs is 1. The molecule has 7 heteroatoms. The van der Waals surface area contributed by atoms with E-state index in [1.807, 2.05) is 0 Å². The molecular formula is C20H25N3O4. The van der Waals surface area contributed by atoms with E-state index < -0.39 is 5.97 Å². The first-order chi connectivity index (χ1) is 12.9. The number of aromatic nitrogens is 2. The van der Waals surface area contributed by atoms with E-state index in [1.54, 1.807) is 36.1 Å². The molecule has 0 aliphatic carbocycles. The quantitative estimate of drug-likeness (QED) is 0.769. The summed E-state index contributed by atoms with van der Waals surface area (Å²) in [5.74, 6) is -0.0195. The van der Waals surface area contributed by atoms with Crippen molar-refractivity contribution < 1.29 is 14.3 Å². The van der Waals surface area contributed by atoms with E-state index >= 15 is 0 Å². The maximum absolute atomic E-state index is 12.6. The fourth-order valence-electron chi connectivity index (χ4n) is 3.75. The van der Waals surface area contributed by atoms with Crippen molar-refractivity contribution in [3.05, 3.63) is 40.3 Å². The molecule has 0 bridgehead atoms. The van der Waals surface area contributed by atoms with Gasteiger partial charge in [-0.05, 0) is 31.2 Å². The van der Waals surface area contributed by atoms with Crippen molar-refractivity contribution in [2.75, 3.05) is 19.7 Å². The monoisotopic (exact) mass is 371 g/mol. The number of carbonyl (C=O) groups excluding carboxylic acids is 2. The molecule has 1 saturated heterocycles. The van der Waals surface area contributed by atoms with E-state index in [0.717, 1.165) is 6.42 Å². The van der Waals surface area contributed by atoms with Crippen molar-refractivity contribution in [2.24, 2.45) is 11.8 Å². The third-order valence-electron chi connectivity index (χ3n) is 4.91. The highest BCUT2D eigenvalue weighted by atomic mass is 16.5. The third kappa shape index (κ3) is 4.02. The average Bonchev–Trinajstić information content (AvgIpc) is 2.65. The van der Waals surface area contributed by atoms with Crippen LogP contribution in [0.15, 0.2) is 29.1 Å². The summed E-state index contributed by atoms with van der Waals surface area (Å²) in [6.45, 7) is 7.40. The average molecular weight is 371 g/mol. The molecule has 1 amide bonds. The van der Waals surface area contributed by atoms with Crippen LogP contribution in [0.25, 0.3) is 10.8 Å². The Morgan fingerprint density at radius 3 is 2.41 bits per heavy atom. The number of likely N-dealkylation sites (tertiary alicyclic amines) is 1. The lowest BCUT2D eigenvalue weighted by Crippen LogP contribution is -2.44. The van der Waals surface area contributed by atoms with E-state index in [9.17, 15) is 14.4 Å². The van der Waals surface area contributed by atoms with Gasteiger partial charge in [0.05, 0.1) is 5.39 Å². The Balaban J connectivity index is 1.78. The van der Waals surface area contributed by atoms with Gasteiger partial charge in [-0.2, -0.15) is 5.10 Å². The third-order valence-corrected chi connectivity index (χ3v) is 4.91. The van der Waals surface area contributed by atoms with Gasteiger partial charge in [0, 0.05) is 25.0 Å². The highest BCUT2D eigenvalue weighted by molar-refractivity contribution is 6.02. The summed E-state index contributed by atoms with van der Waals surface area (Å²) in [4.78, 5) is 39.1. The molecule has 1 aromatic heterocycles. The standard InChI is InChI=1S/C20H25N3O4/c1-4-23-19(25)16-8-6-5-7-15(16)18(21-23)20(26)27-12-17(24)22-10-13(2)9-14(3)11-22/h5-8,13-14H,4,9-12H2,1-3H3/t13-,14+. The fraction of sp³-hybridized carbons (Fsp3) is 0.500. The van der Waals surface area contributed by atoms with E-state index in [1.165, 1.54) is 4.68 Å². The molecule has 3 rings (SSSR count). The Bertz CT molecular complexity index is 911. The molecule has 0 saturated carbocycles. The Kier molecular flexibility index (Phi) is 5.58. The minimum absolute atomic E-state index is 0.0558.